The van der Waals surface area contributed by atoms with Gasteiger partial charge in [-0.15, -0.1) is 0 Å². The maximum Gasteiger partial charge on any atom is 0.261 e. The fraction of sp³-hybridized carbons (Fsp3) is 0.105. The standard InChI is InChI=1S/C19H14N4O3S/c24-18(15-11-12-5-1-2-6-13(12)19(25)27-15)21-10-8-16-22-17(23-26-16)14-7-3-4-9-20-14/h1-7,9,11H,8,10H2,(H,21,24). The Morgan fingerprint density at radius 2 is 2.00 bits per heavy atom. The Labute approximate surface area is 157 Å². The van der Waals surface area contributed by atoms with Crippen LogP contribution in [0.3, 0.4) is 0 Å². The zero-order chi connectivity index (χ0) is 18.6. The van der Waals surface area contributed by atoms with Crippen molar-refractivity contribution in [3.05, 3.63) is 75.0 Å². The summed E-state index contributed by atoms with van der Waals surface area (Å²) in [6.07, 6.45) is 2.04. The number of nitrogens with zero attached hydrogens (tertiary/aromatic N) is 3. The summed E-state index contributed by atoms with van der Waals surface area (Å²) in [5.74, 6) is 0.514. The summed E-state index contributed by atoms with van der Waals surface area (Å²) in [4.78, 5) is 33.3. The van der Waals surface area contributed by atoms with Gasteiger partial charge in [0.2, 0.25) is 16.5 Å². The average Bonchev–Trinajstić information content (AvgIpc) is 3.17. The second kappa shape index (κ2) is 7.46. The molecule has 3 heterocycles. The third-order valence-corrected chi connectivity index (χ3v) is 4.81. The summed E-state index contributed by atoms with van der Waals surface area (Å²) in [5, 5.41) is 8.04. The third kappa shape index (κ3) is 3.75. The molecule has 0 radical (unpaired) electrons. The summed E-state index contributed by atoms with van der Waals surface area (Å²) in [6.45, 7) is 0.316. The van der Waals surface area contributed by atoms with Crippen molar-refractivity contribution in [1.29, 1.82) is 0 Å². The molecule has 0 aliphatic rings. The van der Waals surface area contributed by atoms with Crippen molar-refractivity contribution in [3.8, 4) is 11.5 Å². The molecule has 0 atom stereocenters. The monoisotopic (exact) mass is 378 g/mol. The molecule has 0 aliphatic carbocycles. The Balaban J connectivity index is 1.40. The largest absolute Gasteiger partial charge is 0.351 e. The molecule has 0 fully saturated rings. The molecule has 4 aromatic rings. The van der Waals surface area contributed by atoms with E-state index < -0.39 is 0 Å². The number of aromatic nitrogens is 3. The molecule has 1 aromatic carbocycles. The van der Waals surface area contributed by atoms with Crippen molar-refractivity contribution >= 4 is 28.0 Å². The van der Waals surface area contributed by atoms with Crippen LogP contribution in [-0.2, 0) is 6.42 Å². The molecule has 0 saturated carbocycles. The highest BCUT2D eigenvalue weighted by atomic mass is 32.1. The van der Waals surface area contributed by atoms with E-state index in [1.54, 1.807) is 36.5 Å². The van der Waals surface area contributed by atoms with E-state index in [1.807, 2.05) is 18.2 Å². The summed E-state index contributed by atoms with van der Waals surface area (Å²) in [7, 11) is 0. The van der Waals surface area contributed by atoms with E-state index >= 15 is 0 Å². The number of hydrogen-bond acceptors (Lipinski definition) is 7. The Hall–Kier alpha value is -3.39. The Bertz CT molecular complexity index is 1150. The van der Waals surface area contributed by atoms with E-state index in [-0.39, 0.29) is 10.6 Å². The van der Waals surface area contributed by atoms with Gasteiger partial charge in [-0.25, -0.2) is 0 Å². The number of pyridine rings is 1. The van der Waals surface area contributed by atoms with Crippen LogP contribution in [0, 0.1) is 0 Å². The SMILES string of the molecule is O=C(NCCc1nc(-c2ccccn2)no1)c1cc2ccccc2c(=O)s1. The van der Waals surface area contributed by atoms with Gasteiger partial charge in [0.1, 0.15) is 5.69 Å². The molecule has 0 bridgehead atoms. The van der Waals surface area contributed by atoms with Crippen molar-refractivity contribution in [2.24, 2.45) is 0 Å². The number of carbonyl (C=O) groups excluding carboxylic acids is 1. The number of nitrogens with one attached hydrogen (secondary N) is 1. The number of carbonyl (C=O) groups is 1. The molecule has 1 amide bonds. The number of benzene rings is 1. The normalized spacial score (nSPS) is 10.8. The van der Waals surface area contributed by atoms with Gasteiger partial charge in [0.15, 0.2) is 0 Å². The molecule has 7 nitrogen and oxygen atoms in total. The second-order valence-corrected chi connectivity index (χ2v) is 6.73. The van der Waals surface area contributed by atoms with Crippen LogP contribution in [0.25, 0.3) is 22.3 Å². The molecular formula is C19H14N4O3S. The van der Waals surface area contributed by atoms with Crippen molar-refractivity contribution in [3.63, 3.8) is 0 Å². The molecule has 0 unspecified atom stereocenters. The van der Waals surface area contributed by atoms with Gasteiger partial charge in [-0.05, 0) is 29.7 Å². The number of fused-ring (bicyclic) bond motifs is 1. The van der Waals surface area contributed by atoms with Crippen molar-refractivity contribution in [1.82, 2.24) is 20.4 Å². The minimum Gasteiger partial charge on any atom is -0.351 e. The van der Waals surface area contributed by atoms with Crippen LogP contribution < -0.4 is 10.1 Å². The lowest BCUT2D eigenvalue weighted by molar-refractivity contribution is 0.0957. The highest BCUT2D eigenvalue weighted by Crippen LogP contribution is 2.15. The van der Waals surface area contributed by atoms with Gasteiger partial charge in [0, 0.05) is 24.5 Å². The predicted molar refractivity (Wildman–Crippen MR) is 102 cm³/mol. The quantitative estimate of drug-likeness (QED) is 0.573. The number of hydrogen-bond donors (Lipinski definition) is 1. The van der Waals surface area contributed by atoms with E-state index in [0.717, 1.165) is 16.7 Å². The van der Waals surface area contributed by atoms with Crippen molar-refractivity contribution < 1.29 is 9.32 Å². The van der Waals surface area contributed by atoms with Crippen LogP contribution in [0.15, 0.2) is 64.0 Å². The molecule has 27 heavy (non-hydrogen) atoms. The zero-order valence-corrected chi connectivity index (χ0v) is 14.9. The first-order valence-electron chi connectivity index (χ1n) is 8.26. The van der Waals surface area contributed by atoms with Crippen molar-refractivity contribution in [2.75, 3.05) is 6.54 Å². The van der Waals surface area contributed by atoms with E-state index in [2.05, 4.69) is 20.4 Å². The third-order valence-electron chi connectivity index (χ3n) is 3.88. The number of amides is 1. The van der Waals surface area contributed by atoms with Crippen LogP contribution in [0.5, 0.6) is 0 Å². The smallest absolute Gasteiger partial charge is 0.261 e. The molecule has 1 N–H and O–H groups in total. The summed E-state index contributed by atoms with van der Waals surface area (Å²) < 4.78 is 5.05. The van der Waals surface area contributed by atoms with Gasteiger partial charge >= 0.3 is 0 Å². The first-order valence-corrected chi connectivity index (χ1v) is 9.07. The van der Waals surface area contributed by atoms with E-state index in [1.165, 1.54) is 0 Å². The molecule has 0 aliphatic heterocycles. The fourth-order valence-corrected chi connectivity index (χ4v) is 3.42. The molecule has 4 rings (SSSR count). The van der Waals surface area contributed by atoms with Gasteiger partial charge in [-0.2, -0.15) is 4.98 Å². The lowest BCUT2D eigenvalue weighted by Gasteiger charge is -2.04. The first-order chi connectivity index (χ1) is 13.2. The summed E-state index contributed by atoms with van der Waals surface area (Å²) in [5.41, 5.74) is 0.623. The lowest BCUT2D eigenvalue weighted by atomic mass is 10.2. The minimum atomic E-state index is -0.299. The van der Waals surface area contributed by atoms with Gasteiger partial charge in [0.05, 0.1) is 4.88 Å². The molecule has 0 spiro atoms. The van der Waals surface area contributed by atoms with Crippen LogP contribution in [-0.4, -0.2) is 27.6 Å². The van der Waals surface area contributed by atoms with E-state index in [0.29, 0.717) is 40.6 Å². The lowest BCUT2D eigenvalue weighted by Crippen LogP contribution is -2.25. The maximum atomic E-state index is 12.3. The van der Waals surface area contributed by atoms with Gasteiger partial charge < -0.3 is 9.84 Å². The summed E-state index contributed by atoms with van der Waals surface area (Å²) >= 11 is 0.935. The highest BCUT2D eigenvalue weighted by Gasteiger charge is 2.12. The predicted octanol–water partition coefficient (Wildman–Crippen LogP) is 2.68. The van der Waals surface area contributed by atoms with Crippen LogP contribution in [0.4, 0.5) is 0 Å². The molecule has 0 saturated heterocycles. The highest BCUT2D eigenvalue weighted by molar-refractivity contribution is 7.12. The van der Waals surface area contributed by atoms with Crippen LogP contribution in [0.2, 0.25) is 0 Å². The van der Waals surface area contributed by atoms with Crippen LogP contribution in [0.1, 0.15) is 15.6 Å². The Morgan fingerprint density at radius 3 is 2.85 bits per heavy atom. The maximum absolute atomic E-state index is 12.3. The van der Waals surface area contributed by atoms with Gasteiger partial charge in [0.25, 0.3) is 5.91 Å². The summed E-state index contributed by atoms with van der Waals surface area (Å²) in [6, 6.07) is 14.4. The molecule has 134 valence electrons. The Kier molecular flexibility index (Phi) is 4.71. The van der Waals surface area contributed by atoms with E-state index in [9.17, 15) is 9.59 Å². The molecule has 8 heteroatoms. The Morgan fingerprint density at radius 1 is 1.15 bits per heavy atom. The first kappa shape index (κ1) is 17.0. The molecule has 3 aromatic heterocycles. The van der Waals surface area contributed by atoms with Gasteiger partial charge in [-0.3, -0.25) is 14.6 Å². The van der Waals surface area contributed by atoms with E-state index in [4.69, 9.17) is 4.52 Å². The average molecular weight is 378 g/mol. The second-order valence-electron chi connectivity index (χ2n) is 5.72. The number of rotatable bonds is 5. The topological polar surface area (TPSA) is 98.0 Å². The van der Waals surface area contributed by atoms with Crippen molar-refractivity contribution in [2.45, 2.75) is 6.42 Å². The minimum absolute atomic E-state index is 0.129. The van der Waals surface area contributed by atoms with Gasteiger partial charge in [-0.1, -0.05) is 40.8 Å². The van der Waals surface area contributed by atoms with Crippen LogP contribution >= 0.6 is 11.3 Å². The molecular weight excluding hydrogens is 364 g/mol. The fourth-order valence-electron chi connectivity index (χ4n) is 2.57. The zero-order valence-electron chi connectivity index (χ0n) is 14.1.